The predicted molar refractivity (Wildman–Crippen MR) is 71.1 cm³/mol. The third-order valence-electron chi connectivity index (χ3n) is 2.83. The van der Waals surface area contributed by atoms with Gasteiger partial charge in [0.1, 0.15) is 6.17 Å². The molecular weight excluding hydrogens is 298 g/mol. The summed E-state index contributed by atoms with van der Waals surface area (Å²) in [6.45, 7) is 1.61. The van der Waals surface area contributed by atoms with Crippen LogP contribution in [0.25, 0.3) is 0 Å². The zero-order valence-corrected chi connectivity index (χ0v) is 11.8. The van der Waals surface area contributed by atoms with E-state index in [9.17, 15) is 4.79 Å². The van der Waals surface area contributed by atoms with E-state index in [1.807, 2.05) is 4.90 Å². The SMILES string of the molecule is O=C(N[C@@H](N1CCCC1)C(Cl)(Cl)Cl)c1ccco1. The van der Waals surface area contributed by atoms with Crippen molar-refractivity contribution in [1.29, 1.82) is 0 Å². The molecule has 1 aliphatic heterocycles. The highest BCUT2D eigenvalue weighted by Gasteiger charge is 2.39. The summed E-state index contributed by atoms with van der Waals surface area (Å²) in [5, 5.41) is 2.70. The molecule has 1 saturated heterocycles. The van der Waals surface area contributed by atoms with Gasteiger partial charge >= 0.3 is 0 Å². The molecule has 7 heteroatoms. The molecule has 0 radical (unpaired) electrons. The lowest BCUT2D eigenvalue weighted by Gasteiger charge is -2.33. The number of hydrogen-bond acceptors (Lipinski definition) is 3. The first-order chi connectivity index (χ1) is 8.48. The second-order valence-corrected chi connectivity index (χ2v) is 6.51. The molecule has 100 valence electrons. The average Bonchev–Trinajstić information content (AvgIpc) is 2.96. The summed E-state index contributed by atoms with van der Waals surface area (Å²) in [6, 6.07) is 3.20. The van der Waals surface area contributed by atoms with Crippen molar-refractivity contribution in [3.05, 3.63) is 24.2 Å². The second kappa shape index (κ2) is 5.70. The van der Waals surface area contributed by atoms with Crippen LogP contribution in [0.1, 0.15) is 23.4 Å². The molecule has 4 nitrogen and oxygen atoms in total. The maximum absolute atomic E-state index is 11.9. The first-order valence-corrected chi connectivity index (χ1v) is 6.77. The van der Waals surface area contributed by atoms with Crippen LogP contribution in [0.4, 0.5) is 0 Å². The van der Waals surface area contributed by atoms with E-state index in [0.29, 0.717) is 0 Å². The van der Waals surface area contributed by atoms with Gasteiger partial charge in [-0.15, -0.1) is 0 Å². The van der Waals surface area contributed by atoms with Crippen LogP contribution < -0.4 is 5.32 Å². The Morgan fingerprint density at radius 1 is 1.39 bits per heavy atom. The number of amides is 1. The first kappa shape index (κ1) is 14.0. The fraction of sp³-hybridized carbons (Fsp3) is 0.545. The van der Waals surface area contributed by atoms with E-state index < -0.39 is 9.96 Å². The summed E-state index contributed by atoms with van der Waals surface area (Å²) in [4.78, 5) is 13.9. The van der Waals surface area contributed by atoms with E-state index >= 15 is 0 Å². The van der Waals surface area contributed by atoms with Gasteiger partial charge in [0.15, 0.2) is 5.76 Å². The molecule has 0 spiro atoms. The van der Waals surface area contributed by atoms with Crippen molar-refractivity contribution in [2.45, 2.75) is 22.8 Å². The lowest BCUT2D eigenvalue weighted by molar-refractivity contribution is 0.0846. The summed E-state index contributed by atoms with van der Waals surface area (Å²) >= 11 is 17.8. The third-order valence-corrected chi connectivity index (χ3v) is 3.45. The van der Waals surface area contributed by atoms with Gasteiger partial charge in [0.25, 0.3) is 5.91 Å². The first-order valence-electron chi connectivity index (χ1n) is 5.63. The maximum atomic E-state index is 11.9. The van der Waals surface area contributed by atoms with E-state index in [1.165, 1.54) is 6.26 Å². The number of rotatable bonds is 3. The Bertz CT molecular complexity index is 397. The van der Waals surface area contributed by atoms with Crippen LogP contribution >= 0.6 is 34.8 Å². The lowest BCUT2D eigenvalue weighted by Crippen LogP contribution is -2.54. The fourth-order valence-electron chi connectivity index (χ4n) is 1.98. The van der Waals surface area contributed by atoms with Gasteiger partial charge in [-0.05, 0) is 25.0 Å². The number of carbonyl (C=O) groups is 1. The van der Waals surface area contributed by atoms with Crippen LogP contribution in [0.15, 0.2) is 22.8 Å². The Morgan fingerprint density at radius 2 is 2.06 bits per heavy atom. The number of alkyl halides is 3. The highest BCUT2D eigenvalue weighted by molar-refractivity contribution is 6.68. The van der Waals surface area contributed by atoms with Crippen LogP contribution in [0.3, 0.4) is 0 Å². The van der Waals surface area contributed by atoms with Gasteiger partial charge in [0, 0.05) is 13.1 Å². The Labute approximate surface area is 120 Å². The zero-order valence-electron chi connectivity index (χ0n) is 9.54. The number of furan rings is 1. The Kier molecular flexibility index (Phi) is 4.43. The van der Waals surface area contributed by atoms with E-state index in [-0.39, 0.29) is 11.7 Å². The van der Waals surface area contributed by atoms with Crippen molar-refractivity contribution >= 4 is 40.7 Å². The Balaban J connectivity index is 2.08. The molecule has 0 aromatic carbocycles. The summed E-state index contributed by atoms with van der Waals surface area (Å²) in [6.07, 6.45) is 2.85. The number of nitrogens with one attached hydrogen (secondary N) is 1. The number of carbonyl (C=O) groups excluding carboxylic acids is 1. The molecule has 2 rings (SSSR count). The molecule has 1 aromatic heterocycles. The molecule has 1 fully saturated rings. The minimum Gasteiger partial charge on any atom is -0.459 e. The lowest BCUT2D eigenvalue weighted by atomic mass is 10.4. The number of hydrogen-bond donors (Lipinski definition) is 1. The number of nitrogens with zero attached hydrogens (tertiary/aromatic N) is 1. The van der Waals surface area contributed by atoms with Crippen molar-refractivity contribution in [2.75, 3.05) is 13.1 Å². The number of halogens is 3. The van der Waals surface area contributed by atoms with Crippen LogP contribution in [-0.2, 0) is 0 Å². The molecule has 0 bridgehead atoms. The van der Waals surface area contributed by atoms with Crippen molar-refractivity contribution in [1.82, 2.24) is 10.2 Å². The Morgan fingerprint density at radius 3 is 2.56 bits per heavy atom. The van der Waals surface area contributed by atoms with Crippen molar-refractivity contribution in [3.8, 4) is 0 Å². The molecule has 1 aromatic rings. The van der Waals surface area contributed by atoms with Crippen molar-refractivity contribution in [2.24, 2.45) is 0 Å². The van der Waals surface area contributed by atoms with Gasteiger partial charge in [0.2, 0.25) is 3.79 Å². The quantitative estimate of drug-likeness (QED) is 0.873. The van der Waals surface area contributed by atoms with Gasteiger partial charge in [-0.1, -0.05) is 34.8 Å². The van der Waals surface area contributed by atoms with Crippen LogP contribution in [-0.4, -0.2) is 33.9 Å². The molecule has 1 N–H and O–H groups in total. The Hall–Kier alpha value is -0.420. The third kappa shape index (κ3) is 3.32. The molecule has 1 aliphatic rings. The monoisotopic (exact) mass is 310 g/mol. The average molecular weight is 312 g/mol. The standard InChI is InChI=1S/C11H13Cl3N2O2/c12-11(13,14)10(16-5-1-2-6-16)15-9(17)8-4-3-7-18-8/h3-4,7,10H,1-2,5-6H2,(H,15,17)/t10-/m0/s1. The molecule has 0 aliphatic carbocycles. The van der Waals surface area contributed by atoms with Crippen molar-refractivity contribution < 1.29 is 9.21 Å². The molecular formula is C11H13Cl3N2O2. The largest absolute Gasteiger partial charge is 0.459 e. The summed E-state index contributed by atoms with van der Waals surface area (Å²) in [5.74, 6) is -0.184. The molecule has 1 amide bonds. The van der Waals surface area contributed by atoms with Gasteiger partial charge in [-0.25, -0.2) is 0 Å². The molecule has 0 unspecified atom stereocenters. The smallest absolute Gasteiger partial charge is 0.288 e. The summed E-state index contributed by atoms with van der Waals surface area (Å²) < 4.78 is 3.43. The second-order valence-electron chi connectivity index (χ2n) is 4.14. The molecule has 18 heavy (non-hydrogen) atoms. The highest BCUT2D eigenvalue weighted by Crippen LogP contribution is 2.33. The van der Waals surface area contributed by atoms with E-state index in [4.69, 9.17) is 39.2 Å². The van der Waals surface area contributed by atoms with E-state index in [1.54, 1.807) is 12.1 Å². The maximum Gasteiger partial charge on any atom is 0.288 e. The van der Waals surface area contributed by atoms with Gasteiger partial charge in [-0.2, -0.15) is 0 Å². The molecule has 0 saturated carbocycles. The minimum absolute atomic E-state index is 0.202. The normalized spacial score (nSPS) is 18.8. The molecule has 2 heterocycles. The van der Waals surface area contributed by atoms with Crippen LogP contribution in [0.5, 0.6) is 0 Å². The zero-order chi connectivity index (χ0) is 13.2. The highest BCUT2D eigenvalue weighted by atomic mass is 35.6. The fourth-order valence-corrected chi connectivity index (χ4v) is 2.56. The number of likely N-dealkylation sites (tertiary alicyclic amines) is 1. The van der Waals surface area contributed by atoms with Crippen LogP contribution in [0, 0.1) is 0 Å². The predicted octanol–water partition coefficient (Wildman–Crippen LogP) is 2.80. The van der Waals surface area contributed by atoms with Gasteiger partial charge < -0.3 is 9.73 Å². The van der Waals surface area contributed by atoms with Gasteiger partial charge in [0.05, 0.1) is 6.26 Å². The summed E-state index contributed by atoms with van der Waals surface area (Å²) in [7, 11) is 0. The topological polar surface area (TPSA) is 45.5 Å². The molecule has 1 atom stereocenters. The van der Waals surface area contributed by atoms with Crippen LogP contribution in [0.2, 0.25) is 0 Å². The van der Waals surface area contributed by atoms with Gasteiger partial charge in [-0.3, -0.25) is 9.69 Å². The minimum atomic E-state index is -1.58. The van der Waals surface area contributed by atoms with E-state index in [0.717, 1.165) is 25.9 Å². The van der Waals surface area contributed by atoms with Crippen molar-refractivity contribution in [3.63, 3.8) is 0 Å². The van der Waals surface area contributed by atoms with E-state index in [2.05, 4.69) is 5.32 Å². The summed E-state index contributed by atoms with van der Waals surface area (Å²) in [5.41, 5.74) is 0.